The third-order valence-electron chi connectivity index (χ3n) is 4.91. The van der Waals surface area contributed by atoms with Gasteiger partial charge in [0.05, 0.1) is 25.2 Å². The van der Waals surface area contributed by atoms with Crippen molar-refractivity contribution in [1.82, 2.24) is 4.90 Å². The molecule has 2 saturated heterocycles. The van der Waals surface area contributed by atoms with Crippen LogP contribution in [0.15, 0.2) is 24.3 Å². The van der Waals surface area contributed by atoms with Crippen molar-refractivity contribution in [1.29, 1.82) is 0 Å². The Hall–Kier alpha value is -1.39. The lowest BCUT2D eigenvalue weighted by Crippen LogP contribution is -2.45. The molecular formula is C19H27NO3. The topological polar surface area (TPSA) is 38.8 Å². The number of carbonyl (C=O) groups excluding carboxylic acids is 1. The van der Waals surface area contributed by atoms with Gasteiger partial charge in [0.25, 0.3) is 0 Å². The highest BCUT2D eigenvalue weighted by molar-refractivity contribution is 5.78. The van der Waals surface area contributed by atoms with Crippen molar-refractivity contribution in [3.63, 3.8) is 0 Å². The highest BCUT2D eigenvalue weighted by Gasteiger charge is 2.38. The van der Waals surface area contributed by atoms with Crippen molar-refractivity contribution in [3.05, 3.63) is 35.4 Å². The zero-order valence-electron chi connectivity index (χ0n) is 14.2. The first-order valence-corrected chi connectivity index (χ1v) is 8.74. The molecule has 2 aliphatic rings. The van der Waals surface area contributed by atoms with Crippen LogP contribution in [-0.2, 0) is 27.3 Å². The summed E-state index contributed by atoms with van der Waals surface area (Å²) < 4.78 is 11.3. The Labute approximate surface area is 138 Å². The standard InChI is InChI=1S/C19H27NO3/c1-3-22-13-16-6-4-15(5-7-16)11-19(21)20-9-8-18-17(12-20)10-14(2)23-18/h4-7,14,17-18H,3,8-13H2,1-2H3/t14-,17-,18-/m1/s1. The lowest BCUT2D eigenvalue weighted by molar-refractivity contribution is -0.133. The summed E-state index contributed by atoms with van der Waals surface area (Å²) in [5.41, 5.74) is 2.23. The highest BCUT2D eigenvalue weighted by atomic mass is 16.5. The molecule has 0 unspecified atom stereocenters. The number of hydrogen-bond donors (Lipinski definition) is 0. The molecule has 3 rings (SSSR count). The van der Waals surface area contributed by atoms with Crippen LogP contribution in [0.5, 0.6) is 0 Å². The van der Waals surface area contributed by atoms with Gasteiger partial charge in [-0.15, -0.1) is 0 Å². The number of rotatable bonds is 5. The number of benzene rings is 1. The first kappa shape index (κ1) is 16.5. The largest absolute Gasteiger partial charge is 0.377 e. The SMILES string of the molecule is CCOCc1ccc(CC(=O)N2CC[C@H]3O[C@H](C)C[C@@H]3C2)cc1. The third-order valence-corrected chi connectivity index (χ3v) is 4.91. The lowest BCUT2D eigenvalue weighted by Gasteiger charge is -2.34. The van der Waals surface area contributed by atoms with Crippen LogP contribution in [0, 0.1) is 5.92 Å². The summed E-state index contributed by atoms with van der Waals surface area (Å²) in [4.78, 5) is 14.6. The molecule has 0 aromatic heterocycles. The van der Waals surface area contributed by atoms with Gasteiger partial charge in [-0.2, -0.15) is 0 Å². The molecule has 0 spiro atoms. The molecule has 0 radical (unpaired) electrons. The molecule has 0 aliphatic carbocycles. The van der Waals surface area contributed by atoms with E-state index < -0.39 is 0 Å². The van der Waals surface area contributed by atoms with Crippen molar-refractivity contribution in [2.75, 3.05) is 19.7 Å². The lowest BCUT2D eigenvalue weighted by atomic mass is 9.92. The zero-order chi connectivity index (χ0) is 16.2. The van der Waals surface area contributed by atoms with Crippen molar-refractivity contribution in [3.8, 4) is 0 Å². The predicted octanol–water partition coefficient (Wildman–Crippen LogP) is 2.79. The summed E-state index contributed by atoms with van der Waals surface area (Å²) in [5.74, 6) is 0.761. The minimum Gasteiger partial charge on any atom is -0.377 e. The molecule has 3 atom stereocenters. The van der Waals surface area contributed by atoms with E-state index >= 15 is 0 Å². The fourth-order valence-corrected chi connectivity index (χ4v) is 3.68. The molecule has 2 aliphatic heterocycles. The highest BCUT2D eigenvalue weighted by Crippen LogP contribution is 2.32. The van der Waals surface area contributed by atoms with Crippen LogP contribution in [0.2, 0.25) is 0 Å². The molecule has 0 N–H and O–H groups in total. The molecule has 4 heteroatoms. The van der Waals surface area contributed by atoms with Crippen LogP contribution in [0.1, 0.15) is 37.8 Å². The van der Waals surface area contributed by atoms with Gasteiger partial charge in [-0.1, -0.05) is 24.3 Å². The quantitative estimate of drug-likeness (QED) is 0.838. The van der Waals surface area contributed by atoms with Crippen molar-refractivity contribution >= 4 is 5.91 Å². The van der Waals surface area contributed by atoms with E-state index in [4.69, 9.17) is 9.47 Å². The summed E-state index contributed by atoms with van der Waals surface area (Å²) in [7, 11) is 0. The summed E-state index contributed by atoms with van der Waals surface area (Å²) in [6.07, 6.45) is 3.27. The Morgan fingerprint density at radius 2 is 2.04 bits per heavy atom. The number of amides is 1. The molecule has 0 saturated carbocycles. The normalized spacial score (nSPS) is 27.0. The van der Waals surface area contributed by atoms with Gasteiger partial charge in [-0.3, -0.25) is 4.79 Å². The Morgan fingerprint density at radius 3 is 2.78 bits per heavy atom. The molecule has 23 heavy (non-hydrogen) atoms. The Kier molecular flexibility index (Phi) is 5.34. The van der Waals surface area contributed by atoms with Gasteiger partial charge in [0.1, 0.15) is 0 Å². The van der Waals surface area contributed by atoms with Crippen LogP contribution in [0.4, 0.5) is 0 Å². The predicted molar refractivity (Wildman–Crippen MR) is 89.1 cm³/mol. The second-order valence-electron chi connectivity index (χ2n) is 6.74. The summed E-state index contributed by atoms with van der Waals surface area (Å²) >= 11 is 0. The maximum absolute atomic E-state index is 12.6. The number of carbonyl (C=O) groups is 1. The van der Waals surface area contributed by atoms with Gasteiger partial charge in [-0.05, 0) is 37.8 Å². The average molecular weight is 317 g/mol. The number of likely N-dealkylation sites (tertiary alicyclic amines) is 1. The first-order valence-electron chi connectivity index (χ1n) is 8.74. The van der Waals surface area contributed by atoms with E-state index in [1.54, 1.807) is 0 Å². The van der Waals surface area contributed by atoms with Crippen molar-refractivity contribution in [2.24, 2.45) is 5.92 Å². The molecule has 1 aromatic carbocycles. The molecule has 2 heterocycles. The number of fused-ring (bicyclic) bond motifs is 1. The number of nitrogens with zero attached hydrogens (tertiary/aromatic N) is 1. The van der Waals surface area contributed by atoms with Gasteiger partial charge in [-0.25, -0.2) is 0 Å². The molecule has 2 fully saturated rings. The van der Waals surface area contributed by atoms with Crippen molar-refractivity contribution < 1.29 is 14.3 Å². The molecule has 1 aromatic rings. The molecular weight excluding hydrogens is 290 g/mol. The van der Waals surface area contributed by atoms with Gasteiger partial charge in [0.15, 0.2) is 0 Å². The third kappa shape index (κ3) is 4.12. The van der Waals surface area contributed by atoms with E-state index in [1.807, 2.05) is 24.0 Å². The van der Waals surface area contributed by atoms with E-state index in [-0.39, 0.29) is 5.91 Å². The number of hydrogen-bond acceptors (Lipinski definition) is 3. The fraction of sp³-hybridized carbons (Fsp3) is 0.632. The zero-order valence-corrected chi connectivity index (χ0v) is 14.2. The number of ether oxygens (including phenoxy) is 2. The summed E-state index contributed by atoms with van der Waals surface area (Å²) in [5, 5.41) is 0. The van der Waals surface area contributed by atoms with E-state index in [0.717, 1.165) is 43.7 Å². The van der Waals surface area contributed by atoms with Crippen LogP contribution in [0.3, 0.4) is 0 Å². The smallest absolute Gasteiger partial charge is 0.227 e. The molecule has 4 nitrogen and oxygen atoms in total. The summed E-state index contributed by atoms with van der Waals surface area (Å²) in [6, 6.07) is 8.19. The van der Waals surface area contributed by atoms with Crippen LogP contribution in [-0.4, -0.2) is 42.7 Å². The monoisotopic (exact) mass is 317 g/mol. The first-order chi connectivity index (χ1) is 11.2. The number of piperidine rings is 1. The van der Waals surface area contributed by atoms with E-state index in [9.17, 15) is 4.79 Å². The Balaban J connectivity index is 1.52. The van der Waals surface area contributed by atoms with Crippen LogP contribution < -0.4 is 0 Å². The maximum Gasteiger partial charge on any atom is 0.227 e. The van der Waals surface area contributed by atoms with Gasteiger partial charge < -0.3 is 14.4 Å². The second kappa shape index (κ2) is 7.45. The van der Waals surface area contributed by atoms with Gasteiger partial charge in [0.2, 0.25) is 5.91 Å². The van der Waals surface area contributed by atoms with Gasteiger partial charge >= 0.3 is 0 Å². The van der Waals surface area contributed by atoms with Crippen molar-refractivity contribution in [2.45, 2.75) is 51.9 Å². The van der Waals surface area contributed by atoms with Crippen LogP contribution >= 0.6 is 0 Å². The molecule has 1 amide bonds. The van der Waals surface area contributed by atoms with E-state index in [0.29, 0.717) is 31.2 Å². The maximum atomic E-state index is 12.6. The Bertz CT molecular complexity index is 528. The fourth-order valence-electron chi connectivity index (χ4n) is 3.68. The van der Waals surface area contributed by atoms with E-state index in [2.05, 4.69) is 19.1 Å². The molecule has 0 bridgehead atoms. The minimum absolute atomic E-state index is 0.237. The van der Waals surface area contributed by atoms with Crippen LogP contribution in [0.25, 0.3) is 0 Å². The summed E-state index contributed by atoms with van der Waals surface area (Å²) in [6.45, 7) is 7.17. The minimum atomic E-state index is 0.237. The Morgan fingerprint density at radius 1 is 1.30 bits per heavy atom. The second-order valence-corrected chi connectivity index (χ2v) is 6.74. The van der Waals surface area contributed by atoms with E-state index in [1.165, 1.54) is 0 Å². The average Bonchev–Trinajstić information content (AvgIpc) is 2.93. The molecule has 126 valence electrons. The van der Waals surface area contributed by atoms with Gasteiger partial charge in [0, 0.05) is 25.6 Å².